The van der Waals surface area contributed by atoms with Crippen molar-refractivity contribution in [3.05, 3.63) is 64.4 Å². The van der Waals surface area contributed by atoms with Crippen LogP contribution in [-0.4, -0.2) is 48.4 Å². The summed E-state index contributed by atoms with van der Waals surface area (Å²) in [6.07, 6.45) is -0.805. The Hall–Kier alpha value is -2.99. The Bertz CT molecular complexity index is 1400. The number of anilines is 1. The number of aliphatic hydroxyl groups excluding tert-OH is 1. The quantitative estimate of drug-likeness (QED) is 0.245. The van der Waals surface area contributed by atoms with Crippen LogP contribution in [0.4, 0.5) is 5.69 Å². The second-order valence-electron chi connectivity index (χ2n) is 7.93. The van der Waals surface area contributed by atoms with Gasteiger partial charge in [0.1, 0.15) is 12.4 Å². The molecule has 4 N–H and O–H groups in total. The third-order valence-corrected chi connectivity index (χ3v) is 8.29. The molecular weight excluding hydrogens is 474 g/mol. The molecule has 4 rings (SSSR count). The van der Waals surface area contributed by atoms with Gasteiger partial charge >= 0.3 is 0 Å². The summed E-state index contributed by atoms with van der Waals surface area (Å²) in [5, 5.41) is 22.6. The minimum absolute atomic E-state index is 0.194. The Labute approximate surface area is 202 Å². The standard InChI is InChI=1S/C23H27N5O4S2/c1-14-20-8-7-19(12-21(20)27-26-14)32-10-9-24-13-22(29)17-5-4-6-18(11-17)28-34(30,31)23-15(2)25-16(3)33-23/h4-8,11-12,22,24,28-29H,9-10,13H2,1-3H3,(H,26,27). The Kier molecular flexibility index (Phi) is 7.17. The third kappa shape index (κ3) is 5.55. The Balaban J connectivity index is 1.28. The molecule has 0 radical (unpaired) electrons. The van der Waals surface area contributed by atoms with E-state index in [0.29, 0.717) is 41.6 Å². The number of benzene rings is 2. The molecular formula is C23H27N5O4S2. The minimum atomic E-state index is -3.74. The monoisotopic (exact) mass is 501 g/mol. The van der Waals surface area contributed by atoms with Crippen LogP contribution < -0.4 is 14.8 Å². The maximum absolute atomic E-state index is 12.7. The van der Waals surface area contributed by atoms with Crippen molar-refractivity contribution in [1.29, 1.82) is 0 Å². The number of nitrogens with one attached hydrogen (secondary N) is 3. The molecule has 0 aliphatic rings. The molecule has 0 bridgehead atoms. The van der Waals surface area contributed by atoms with Crippen molar-refractivity contribution in [2.45, 2.75) is 31.1 Å². The number of nitrogens with zero attached hydrogens (tertiary/aromatic N) is 2. The molecule has 2 heterocycles. The molecule has 0 aliphatic carbocycles. The van der Waals surface area contributed by atoms with Crippen LogP contribution in [0.15, 0.2) is 46.7 Å². The van der Waals surface area contributed by atoms with Crippen molar-refractivity contribution in [2.24, 2.45) is 0 Å². The summed E-state index contributed by atoms with van der Waals surface area (Å²) in [6, 6.07) is 12.5. The van der Waals surface area contributed by atoms with Gasteiger partial charge in [0, 0.05) is 35.9 Å². The number of aromatic amines is 1. The number of H-pyrrole nitrogens is 1. The summed E-state index contributed by atoms with van der Waals surface area (Å²) >= 11 is 1.13. The maximum Gasteiger partial charge on any atom is 0.273 e. The minimum Gasteiger partial charge on any atom is -0.492 e. The van der Waals surface area contributed by atoms with Crippen LogP contribution in [0.1, 0.15) is 28.1 Å². The van der Waals surface area contributed by atoms with Gasteiger partial charge in [0.2, 0.25) is 0 Å². The fraction of sp³-hybridized carbons (Fsp3) is 0.304. The molecule has 2 aromatic carbocycles. The summed E-state index contributed by atoms with van der Waals surface area (Å²) in [4.78, 5) is 4.18. The van der Waals surface area contributed by atoms with E-state index in [9.17, 15) is 13.5 Å². The Morgan fingerprint density at radius 3 is 2.76 bits per heavy atom. The molecule has 0 saturated heterocycles. The molecule has 2 aromatic heterocycles. The summed E-state index contributed by atoms with van der Waals surface area (Å²) in [5.74, 6) is 0.729. The highest BCUT2D eigenvalue weighted by Gasteiger charge is 2.21. The van der Waals surface area contributed by atoms with Gasteiger partial charge in [-0.05, 0) is 50.6 Å². The lowest BCUT2D eigenvalue weighted by atomic mass is 10.1. The van der Waals surface area contributed by atoms with Crippen molar-refractivity contribution in [2.75, 3.05) is 24.4 Å². The SMILES string of the molecule is Cc1nc(C)c(S(=O)(=O)Nc2cccc(C(O)CNCCOc3ccc4c(C)[nH]nc4c3)c2)s1. The highest BCUT2D eigenvalue weighted by atomic mass is 32.2. The molecule has 34 heavy (non-hydrogen) atoms. The second-order valence-corrected chi connectivity index (χ2v) is 11.0. The van der Waals surface area contributed by atoms with E-state index in [2.05, 4.69) is 25.2 Å². The van der Waals surface area contributed by atoms with Crippen molar-refractivity contribution < 1.29 is 18.3 Å². The lowest BCUT2D eigenvalue weighted by Gasteiger charge is -2.14. The van der Waals surface area contributed by atoms with Gasteiger partial charge in [-0.1, -0.05) is 12.1 Å². The average molecular weight is 502 g/mol. The van der Waals surface area contributed by atoms with E-state index < -0.39 is 16.1 Å². The number of aliphatic hydroxyl groups is 1. The number of hydrogen-bond donors (Lipinski definition) is 4. The largest absolute Gasteiger partial charge is 0.492 e. The summed E-state index contributed by atoms with van der Waals surface area (Å²) in [6.45, 7) is 6.66. The van der Waals surface area contributed by atoms with E-state index in [4.69, 9.17) is 4.74 Å². The van der Waals surface area contributed by atoms with Gasteiger partial charge in [-0.3, -0.25) is 9.82 Å². The molecule has 1 atom stereocenters. The molecule has 0 amide bonds. The summed E-state index contributed by atoms with van der Waals surface area (Å²) in [5.41, 5.74) is 3.33. The van der Waals surface area contributed by atoms with Gasteiger partial charge in [-0.2, -0.15) is 5.10 Å². The van der Waals surface area contributed by atoms with E-state index in [0.717, 1.165) is 33.7 Å². The molecule has 4 aromatic rings. The zero-order valence-corrected chi connectivity index (χ0v) is 20.8. The third-order valence-electron chi connectivity index (χ3n) is 5.23. The van der Waals surface area contributed by atoms with Crippen molar-refractivity contribution >= 4 is 38.0 Å². The molecule has 11 heteroatoms. The van der Waals surface area contributed by atoms with E-state index >= 15 is 0 Å². The lowest BCUT2D eigenvalue weighted by molar-refractivity contribution is 0.172. The normalized spacial score (nSPS) is 12.7. The van der Waals surface area contributed by atoms with Crippen molar-refractivity contribution in [3.8, 4) is 5.75 Å². The van der Waals surface area contributed by atoms with Crippen molar-refractivity contribution in [3.63, 3.8) is 0 Å². The second kappa shape index (κ2) is 10.1. The zero-order valence-electron chi connectivity index (χ0n) is 19.1. The highest BCUT2D eigenvalue weighted by Crippen LogP contribution is 2.26. The predicted molar refractivity (Wildman–Crippen MR) is 133 cm³/mol. The highest BCUT2D eigenvalue weighted by molar-refractivity contribution is 7.94. The van der Waals surface area contributed by atoms with Gasteiger partial charge in [-0.15, -0.1) is 11.3 Å². The number of rotatable bonds is 10. The molecule has 180 valence electrons. The van der Waals surface area contributed by atoms with Gasteiger partial charge in [-0.25, -0.2) is 13.4 Å². The van der Waals surface area contributed by atoms with Gasteiger partial charge in [0.25, 0.3) is 10.0 Å². The fourth-order valence-electron chi connectivity index (χ4n) is 3.59. The predicted octanol–water partition coefficient (Wildman–Crippen LogP) is 3.45. The Morgan fingerprint density at radius 1 is 1.18 bits per heavy atom. The van der Waals surface area contributed by atoms with Crippen LogP contribution in [0.3, 0.4) is 0 Å². The van der Waals surface area contributed by atoms with Gasteiger partial charge in [0.05, 0.1) is 22.3 Å². The first-order valence-corrected chi connectivity index (χ1v) is 13.1. The number of hydrogen-bond acceptors (Lipinski definition) is 8. The Morgan fingerprint density at radius 2 is 2.00 bits per heavy atom. The zero-order chi connectivity index (χ0) is 24.3. The van der Waals surface area contributed by atoms with Crippen LogP contribution in [-0.2, 0) is 10.0 Å². The molecule has 1 unspecified atom stereocenters. The van der Waals surface area contributed by atoms with E-state index in [1.54, 1.807) is 38.1 Å². The van der Waals surface area contributed by atoms with Crippen LogP contribution in [0, 0.1) is 20.8 Å². The number of fused-ring (bicyclic) bond motifs is 1. The summed E-state index contributed by atoms with van der Waals surface area (Å²) < 4.78 is 34.0. The van der Waals surface area contributed by atoms with Crippen LogP contribution in [0.5, 0.6) is 5.75 Å². The van der Waals surface area contributed by atoms with Crippen LogP contribution in [0.25, 0.3) is 10.9 Å². The number of ether oxygens (including phenoxy) is 1. The van der Waals surface area contributed by atoms with Gasteiger partial charge in [0.15, 0.2) is 4.21 Å². The topological polar surface area (TPSA) is 129 Å². The first-order chi connectivity index (χ1) is 16.2. The van der Waals surface area contributed by atoms with E-state index in [1.165, 1.54) is 0 Å². The number of aromatic nitrogens is 3. The molecule has 0 aliphatic heterocycles. The average Bonchev–Trinajstić information content (AvgIpc) is 3.34. The smallest absolute Gasteiger partial charge is 0.273 e. The first kappa shape index (κ1) is 24.1. The van der Waals surface area contributed by atoms with Crippen LogP contribution >= 0.6 is 11.3 Å². The van der Waals surface area contributed by atoms with Gasteiger partial charge < -0.3 is 15.2 Å². The number of aryl methyl sites for hydroxylation is 3. The molecule has 0 spiro atoms. The van der Waals surface area contributed by atoms with E-state index in [-0.39, 0.29) is 4.21 Å². The van der Waals surface area contributed by atoms with Crippen molar-refractivity contribution in [1.82, 2.24) is 20.5 Å². The first-order valence-electron chi connectivity index (χ1n) is 10.8. The maximum atomic E-state index is 12.7. The number of thiazole rings is 1. The van der Waals surface area contributed by atoms with Crippen LogP contribution in [0.2, 0.25) is 0 Å². The van der Waals surface area contributed by atoms with E-state index in [1.807, 2.05) is 25.1 Å². The molecule has 0 fully saturated rings. The lowest BCUT2D eigenvalue weighted by Crippen LogP contribution is -2.26. The molecule has 9 nitrogen and oxygen atoms in total. The fourth-order valence-corrected chi connectivity index (χ4v) is 6.12. The number of sulfonamides is 1. The molecule has 0 saturated carbocycles. The summed E-state index contributed by atoms with van der Waals surface area (Å²) in [7, 11) is -3.74.